The Hall–Kier alpha value is -1.10. The Bertz CT molecular complexity index is 271. The zero-order valence-electron chi connectivity index (χ0n) is 11.2. The molecule has 17 heavy (non-hydrogen) atoms. The van der Waals surface area contributed by atoms with E-state index in [1.54, 1.807) is 20.8 Å². The summed E-state index contributed by atoms with van der Waals surface area (Å²) in [6, 6.07) is -0.603. The number of carbonyl (C=O) groups excluding carboxylic acids is 1. The number of nitrogens with zero attached hydrogens (tertiary/aromatic N) is 1. The summed E-state index contributed by atoms with van der Waals surface area (Å²) in [5.41, 5.74) is 5.26. The summed E-state index contributed by atoms with van der Waals surface area (Å²) in [5, 5.41) is 8.82. The summed E-state index contributed by atoms with van der Waals surface area (Å²) >= 11 is 0. The highest BCUT2D eigenvalue weighted by Gasteiger charge is 2.31. The average Bonchev–Trinajstić information content (AvgIpc) is 2.19. The van der Waals surface area contributed by atoms with Crippen molar-refractivity contribution in [3.63, 3.8) is 0 Å². The first kappa shape index (κ1) is 15.9. The van der Waals surface area contributed by atoms with E-state index in [9.17, 15) is 9.59 Å². The molecule has 0 aromatic carbocycles. The number of hydrogen-bond donors (Lipinski definition) is 2. The van der Waals surface area contributed by atoms with Crippen LogP contribution in [-0.2, 0) is 9.59 Å². The highest BCUT2D eigenvalue weighted by atomic mass is 16.4. The summed E-state index contributed by atoms with van der Waals surface area (Å²) < 4.78 is 0. The Morgan fingerprint density at radius 2 is 1.88 bits per heavy atom. The summed E-state index contributed by atoms with van der Waals surface area (Å²) in [6.07, 6.45) is 2.44. The van der Waals surface area contributed by atoms with Gasteiger partial charge in [-0.15, -0.1) is 0 Å². The standard InChI is InChI=1S/C12H24N2O3/c1-5-6-7-9(13)11(17)14(8-10(15)16)12(2,3)4/h9H,5-8,13H2,1-4H3,(H,15,16). The summed E-state index contributed by atoms with van der Waals surface area (Å²) in [4.78, 5) is 24.2. The maximum atomic E-state index is 12.1. The van der Waals surface area contributed by atoms with Crippen molar-refractivity contribution in [2.24, 2.45) is 5.73 Å². The molecule has 0 aliphatic rings. The van der Waals surface area contributed by atoms with E-state index in [2.05, 4.69) is 0 Å². The molecule has 0 aromatic heterocycles. The second kappa shape index (κ2) is 6.59. The number of carboxylic acid groups (broad SMARTS) is 1. The van der Waals surface area contributed by atoms with E-state index in [-0.39, 0.29) is 12.5 Å². The largest absolute Gasteiger partial charge is 0.480 e. The lowest BCUT2D eigenvalue weighted by molar-refractivity contribution is -0.149. The summed E-state index contributed by atoms with van der Waals surface area (Å²) in [7, 11) is 0. The molecule has 0 rings (SSSR count). The van der Waals surface area contributed by atoms with Crippen LogP contribution < -0.4 is 5.73 Å². The Morgan fingerprint density at radius 3 is 2.24 bits per heavy atom. The number of unbranched alkanes of at least 4 members (excludes halogenated alkanes) is 1. The Labute approximate surface area is 103 Å². The van der Waals surface area contributed by atoms with Gasteiger partial charge in [0.15, 0.2) is 0 Å². The maximum absolute atomic E-state index is 12.1. The first-order chi connectivity index (χ1) is 7.70. The van der Waals surface area contributed by atoms with Crippen LogP contribution in [0.3, 0.4) is 0 Å². The minimum atomic E-state index is -1.02. The molecule has 1 amide bonds. The molecule has 0 bridgehead atoms. The number of hydrogen-bond acceptors (Lipinski definition) is 3. The molecule has 5 heteroatoms. The maximum Gasteiger partial charge on any atom is 0.323 e. The molecule has 0 aliphatic carbocycles. The fourth-order valence-corrected chi connectivity index (χ4v) is 1.53. The molecule has 0 aliphatic heterocycles. The minimum absolute atomic E-state index is 0.284. The molecule has 1 atom stereocenters. The van der Waals surface area contributed by atoms with Gasteiger partial charge in [-0.2, -0.15) is 0 Å². The SMILES string of the molecule is CCCCC(N)C(=O)N(CC(=O)O)C(C)(C)C. The number of carboxylic acids is 1. The number of nitrogens with two attached hydrogens (primary N) is 1. The van der Waals surface area contributed by atoms with Crippen molar-refractivity contribution in [3.8, 4) is 0 Å². The van der Waals surface area contributed by atoms with Gasteiger partial charge >= 0.3 is 5.97 Å². The van der Waals surface area contributed by atoms with Crippen LogP contribution >= 0.6 is 0 Å². The van der Waals surface area contributed by atoms with E-state index < -0.39 is 17.6 Å². The van der Waals surface area contributed by atoms with Crippen LogP contribution in [0.25, 0.3) is 0 Å². The monoisotopic (exact) mass is 244 g/mol. The number of aliphatic carboxylic acids is 1. The average molecular weight is 244 g/mol. The highest BCUT2D eigenvalue weighted by molar-refractivity contribution is 5.85. The molecule has 3 N–H and O–H groups in total. The predicted molar refractivity (Wildman–Crippen MR) is 66.6 cm³/mol. The molecule has 0 saturated carbocycles. The zero-order valence-corrected chi connectivity index (χ0v) is 11.2. The van der Waals surface area contributed by atoms with Gasteiger partial charge in [0.05, 0.1) is 6.04 Å². The molecule has 0 heterocycles. The molecule has 1 unspecified atom stereocenters. The van der Waals surface area contributed by atoms with Gasteiger partial charge in [-0.25, -0.2) is 0 Å². The van der Waals surface area contributed by atoms with Crippen LogP contribution in [0.4, 0.5) is 0 Å². The first-order valence-electron chi connectivity index (χ1n) is 5.99. The predicted octanol–water partition coefficient (Wildman–Crippen LogP) is 1.22. The number of rotatable bonds is 6. The van der Waals surface area contributed by atoms with Gasteiger partial charge in [-0.05, 0) is 27.2 Å². The van der Waals surface area contributed by atoms with Crippen molar-refractivity contribution >= 4 is 11.9 Å². The molecule has 100 valence electrons. The van der Waals surface area contributed by atoms with Gasteiger partial charge in [0.1, 0.15) is 6.54 Å². The van der Waals surface area contributed by atoms with Gasteiger partial charge in [0.25, 0.3) is 0 Å². The van der Waals surface area contributed by atoms with E-state index in [1.807, 2.05) is 6.92 Å². The molecule has 0 saturated heterocycles. The molecule has 0 fully saturated rings. The third kappa shape index (κ3) is 5.68. The minimum Gasteiger partial charge on any atom is -0.480 e. The second-order valence-corrected chi connectivity index (χ2v) is 5.24. The van der Waals surface area contributed by atoms with Crippen LogP contribution in [0.2, 0.25) is 0 Å². The van der Waals surface area contributed by atoms with Crippen molar-refractivity contribution in [3.05, 3.63) is 0 Å². The van der Waals surface area contributed by atoms with Crippen LogP contribution in [-0.4, -0.2) is 40.0 Å². The Morgan fingerprint density at radius 1 is 1.35 bits per heavy atom. The lowest BCUT2D eigenvalue weighted by Crippen LogP contribution is -2.54. The second-order valence-electron chi connectivity index (χ2n) is 5.24. The van der Waals surface area contributed by atoms with Crippen LogP contribution in [0.1, 0.15) is 47.0 Å². The van der Waals surface area contributed by atoms with E-state index in [0.717, 1.165) is 12.8 Å². The van der Waals surface area contributed by atoms with Gasteiger partial charge < -0.3 is 15.7 Å². The fourth-order valence-electron chi connectivity index (χ4n) is 1.53. The van der Waals surface area contributed by atoms with Gasteiger partial charge in [0, 0.05) is 5.54 Å². The van der Waals surface area contributed by atoms with Crippen molar-refractivity contribution in [2.75, 3.05) is 6.54 Å². The van der Waals surface area contributed by atoms with Gasteiger partial charge in [-0.3, -0.25) is 9.59 Å². The summed E-state index contributed by atoms with van der Waals surface area (Å²) in [6.45, 7) is 7.14. The van der Waals surface area contributed by atoms with Crippen LogP contribution in [0.5, 0.6) is 0 Å². The number of amides is 1. The van der Waals surface area contributed by atoms with Crippen LogP contribution in [0.15, 0.2) is 0 Å². The third-order valence-electron chi connectivity index (χ3n) is 2.56. The lowest BCUT2D eigenvalue weighted by Gasteiger charge is -2.36. The van der Waals surface area contributed by atoms with Crippen LogP contribution in [0, 0.1) is 0 Å². The van der Waals surface area contributed by atoms with Gasteiger partial charge in [-0.1, -0.05) is 19.8 Å². The normalized spacial score (nSPS) is 13.2. The first-order valence-corrected chi connectivity index (χ1v) is 5.99. The molecular formula is C12H24N2O3. The van der Waals surface area contributed by atoms with Crippen molar-refractivity contribution in [1.82, 2.24) is 4.90 Å². The zero-order chi connectivity index (χ0) is 13.6. The summed E-state index contributed by atoms with van der Waals surface area (Å²) in [5.74, 6) is -1.30. The van der Waals surface area contributed by atoms with Gasteiger partial charge in [0.2, 0.25) is 5.91 Å². The molecular weight excluding hydrogens is 220 g/mol. The molecule has 0 aromatic rings. The number of carbonyl (C=O) groups is 2. The highest BCUT2D eigenvalue weighted by Crippen LogP contribution is 2.15. The van der Waals surface area contributed by atoms with E-state index in [1.165, 1.54) is 4.90 Å². The van der Waals surface area contributed by atoms with Crippen molar-refractivity contribution in [1.29, 1.82) is 0 Å². The molecule has 0 spiro atoms. The molecule has 0 radical (unpaired) electrons. The fraction of sp³-hybridized carbons (Fsp3) is 0.833. The molecule has 5 nitrogen and oxygen atoms in total. The Balaban J connectivity index is 4.69. The van der Waals surface area contributed by atoms with E-state index in [4.69, 9.17) is 10.8 Å². The van der Waals surface area contributed by atoms with Crippen molar-refractivity contribution < 1.29 is 14.7 Å². The van der Waals surface area contributed by atoms with Crippen molar-refractivity contribution in [2.45, 2.75) is 58.5 Å². The quantitative estimate of drug-likeness (QED) is 0.735. The topological polar surface area (TPSA) is 83.6 Å². The lowest BCUT2D eigenvalue weighted by atomic mass is 10.0. The Kier molecular flexibility index (Phi) is 6.16. The van der Waals surface area contributed by atoms with E-state index >= 15 is 0 Å². The van der Waals surface area contributed by atoms with E-state index in [0.29, 0.717) is 6.42 Å². The third-order valence-corrected chi connectivity index (χ3v) is 2.56. The smallest absolute Gasteiger partial charge is 0.323 e.